The fourth-order valence-corrected chi connectivity index (χ4v) is 3.59. The Kier molecular flexibility index (Phi) is 5.70. The first-order valence-electron chi connectivity index (χ1n) is 7.63. The van der Waals surface area contributed by atoms with Crippen LogP contribution in [-0.4, -0.2) is 58.2 Å². The Hall–Kier alpha value is -1.47. The molecule has 0 spiro atoms. The molecule has 7 nitrogen and oxygen atoms in total. The van der Waals surface area contributed by atoms with E-state index in [0.717, 1.165) is 4.90 Å². The van der Waals surface area contributed by atoms with Gasteiger partial charge in [0.25, 0.3) is 0 Å². The maximum Gasteiger partial charge on any atom is 0.318 e. The maximum absolute atomic E-state index is 12.7. The van der Waals surface area contributed by atoms with Gasteiger partial charge in [0.05, 0.1) is 0 Å². The molecule has 0 unspecified atom stereocenters. The second-order valence-electron chi connectivity index (χ2n) is 7.18. The van der Waals surface area contributed by atoms with E-state index in [4.69, 9.17) is 11.5 Å². The predicted octanol–water partition coefficient (Wildman–Crippen LogP) is -0.173. The van der Waals surface area contributed by atoms with Crippen LogP contribution >= 0.6 is 0 Å². The van der Waals surface area contributed by atoms with Gasteiger partial charge in [0.2, 0.25) is 6.41 Å². The average molecular weight is 312 g/mol. The molecule has 1 fully saturated rings. The Bertz CT molecular complexity index is 430. The largest absolute Gasteiger partial charge is 0.330 e. The van der Waals surface area contributed by atoms with Crippen LogP contribution in [0.25, 0.3) is 0 Å². The predicted molar refractivity (Wildman–Crippen MR) is 83.7 cm³/mol. The molecule has 0 saturated carbocycles. The van der Waals surface area contributed by atoms with Crippen molar-refractivity contribution >= 4 is 18.2 Å². The summed E-state index contributed by atoms with van der Waals surface area (Å²) < 4.78 is 0. The summed E-state index contributed by atoms with van der Waals surface area (Å²) >= 11 is 0. The quantitative estimate of drug-likeness (QED) is 0.553. The molecule has 0 bridgehead atoms. The molecule has 0 aromatic heterocycles. The number of hydrogen-bond acceptors (Lipinski definition) is 5. The van der Waals surface area contributed by atoms with Crippen molar-refractivity contribution in [1.82, 2.24) is 9.80 Å². The van der Waals surface area contributed by atoms with E-state index >= 15 is 0 Å². The molecule has 0 aliphatic carbocycles. The molecule has 126 valence electrons. The van der Waals surface area contributed by atoms with Crippen LogP contribution in [0.2, 0.25) is 0 Å². The number of rotatable bonds is 4. The normalized spacial score (nSPS) is 20.5. The lowest BCUT2D eigenvalue weighted by atomic mass is 9.77. The Morgan fingerprint density at radius 2 is 1.73 bits per heavy atom. The molecule has 3 amide bonds. The van der Waals surface area contributed by atoms with Crippen LogP contribution in [0.15, 0.2) is 0 Å². The molecule has 1 aliphatic rings. The highest BCUT2D eigenvalue weighted by Crippen LogP contribution is 2.37. The highest BCUT2D eigenvalue weighted by Gasteiger charge is 2.49. The first kappa shape index (κ1) is 18.6. The number of carbonyl (C=O) groups excluding carboxylic acids is 3. The van der Waals surface area contributed by atoms with E-state index in [2.05, 4.69) is 0 Å². The summed E-state index contributed by atoms with van der Waals surface area (Å²) in [5, 5.41) is 0. The molecule has 4 N–H and O–H groups in total. The van der Waals surface area contributed by atoms with Crippen LogP contribution in [0.4, 0.5) is 0 Å². The summed E-state index contributed by atoms with van der Waals surface area (Å²) in [7, 11) is 0. The molecule has 22 heavy (non-hydrogen) atoms. The third-order valence-corrected chi connectivity index (χ3v) is 4.11. The van der Waals surface area contributed by atoms with Gasteiger partial charge < -0.3 is 16.4 Å². The van der Waals surface area contributed by atoms with Crippen LogP contribution < -0.4 is 11.5 Å². The fraction of sp³-hybridized carbons (Fsp3) is 0.800. The van der Waals surface area contributed by atoms with Gasteiger partial charge in [-0.15, -0.1) is 0 Å². The van der Waals surface area contributed by atoms with Crippen molar-refractivity contribution in [1.29, 1.82) is 0 Å². The van der Waals surface area contributed by atoms with E-state index in [1.54, 1.807) is 4.90 Å². The van der Waals surface area contributed by atoms with Crippen LogP contribution in [0, 0.1) is 0 Å². The van der Waals surface area contributed by atoms with Crippen molar-refractivity contribution in [3.05, 3.63) is 0 Å². The Labute approximate surface area is 132 Å². The third kappa shape index (κ3) is 3.84. The zero-order chi connectivity index (χ0) is 17.1. The molecule has 1 heterocycles. The van der Waals surface area contributed by atoms with E-state index in [9.17, 15) is 14.4 Å². The summed E-state index contributed by atoms with van der Waals surface area (Å²) in [5.74, 6) is -1.47. The second kappa shape index (κ2) is 6.75. The molecular formula is C15H28N4O3. The molecule has 0 aromatic carbocycles. The number of carbonyl (C=O) groups is 3. The smallest absolute Gasteiger partial charge is 0.318 e. The van der Waals surface area contributed by atoms with Crippen LogP contribution in [0.1, 0.15) is 47.0 Å². The lowest BCUT2D eigenvalue weighted by Gasteiger charge is -2.54. The Morgan fingerprint density at radius 1 is 1.23 bits per heavy atom. The first-order chi connectivity index (χ1) is 10.1. The summed E-state index contributed by atoms with van der Waals surface area (Å²) in [6, 6.07) is -0.0245. The van der Waals surface area contributed by atoms with Crippen LogP contribution in [0.5, 0.6) is 0 Å². The molecule has 1 saturated heterocycles. The van der Waals surface area contributed by atoms with E-state index in [1.165, 1.54) is 0 Å². The van der Waals surface area contributed by atoms with Crippen LogP contribution in [-0.2, 0) is 14.4 Å². The van der Waals surface area contributed by atoms with Gasteiger partial charge in [-0.25, -0.2) is 0 Å². The van der Waals surface area contributed by atoms with Gasteiger partial charge in [-0.2, -0.15) is 0 Å². The standard InChI is InChI=1S/C15H28N4O3/c1-14(2)8-11(17)9-15(3,4)19(14)13(22)12(21)18(10-20)7-5-6-16/h10-11H,5-9,16-17H2,1-4H3. The Balaban J connectivity index is 3.02. The van der Waals surface area contributed by atoms with Crippen LogP contribution in [0.3, 0.4) is 0 Å². The number of piperidine rings is 1. The maximum atomic E-state index is 12.7. The number of likely N-dealkylation sites (tertiary alicyclic amines) is 1. The molecule has 0 aromatic rings. The van der Waals surface area contributed by atoms with Gasteiger partial charge >= 0.3 is 11.8 Å². The topological polar surface area (TPSA) is 110 Å². The highest BCUT2D eigenvalue weighted by molar-refractivity contribution is 6.37. The van der Waals surface area contributed by atoms with Gasteiger partial charge in [0.1, 0.15) is 0 Å². The van der Waals surface area contributed by atoms with Crippen molar-refractivity contribution in [2.24, 2.45) is 11.5 Å². The summed E-state index contributed by atoms with van der Waals surface area (Å²) in [5.41, 5.74) is 10.4. The van der Waals surface area contributed by atoms with E-state index in [0.29, 0.717) is 32.2 Å². The highest BCUT2D eigenvalue weighted by atomic mass is 16.2. The zero-order valence-electron chi connectivity index (χ0n) is 14.0. The number of imide groups is 1. The minimum atomic E-state index is -0.805. The number of amides is 3. The van der Waals surface area contributed by atoms with Crippen molar-refractivity contribution < 1.29 is 14.4 Å². The average Bonchev–Trinajstić information content (AvgIpc) is 2.35. The first-order valence-corrected chi connectivity index (χ1v) is 7.63. The Morgan fingerprint density at radius 3 is 2.14 bits per heavy atom. The molecule has 7 heteroatoms. The summed E-state index contributed by atoms with van der Waals surface area (Å²) in [4.78, 5) is 38.6. The van der Waals surface area contributed by atoms with Gasteiger partial charge in [-0.3, -0.25) is 19.3 Å². The molecular weight excluding hydrogens is 284 g/mol. The zero-order valence-corrected chi connectivity index (χ0v) is 14.0. The molecule has 1 aliphatic heterocycles. The van der Waals surface area contributed by atoms with Crippen molar-refractivity contribution in [3.63, 3.8) is 0 Å². The molecule has 1 rings (SSSR count). The SMILES string of the molecule is CC1(C)CC(N)CC(C)(C)N1C(=O)C(=O)N(C=O)CCCN. The minimum Gasteiger partial charge on any atom is -0.330 e. The minimum absolute atomic E-state index is 0.0245. The lowest BCUT2D eigenvalue weighted by Crippen LogP contribution is -2.67. The number of hydrogen-bond donors (Lipinski definition) is 2. The van der Waals surface area contributed by atoms with Gasteiger partial charge in [-0.1, -0.05) is 0 Å². The number of nitrogens with two attached hydrogens (primary N) is 2. The second-order valence-corrected chi connectivity index (χ2v) is 7.18. The summed E-state index contributed by atoms with van der Waals surface area (Å²) in [6.45, 7) is 8.07. The van der Waals surface area contributed by atoms with E-state index in [-0.39, 0.29) is 12.6 Å². The van der Waals surface area contributed by atoms with Gasteiger partial charge in [-0.05, 0) is 53.5 Å². The fourth-order valence-electron chi connectivity index (χ4n) is 3.59. The van der Waals surface area contributed by atoms with E-state index in [1.807, 2.05) is 27.7 Å². The molecule has 0 radical (unpaired) electrons. The molecule has 0 atom stereocenters. The van der Waals surface area contributed by atoms with Crippen molar-refractivity contribution in [2.75, 3.05) is 13.1 Å². The van der Waals surface area contributed by atoms with Crippen molar-refractivity contribution in [3.8, 4) is 0 Å². The summed E-state index contributed by atoms with van der Waals surface area (Å²) in [6.07, 6.45) is 2.08. The van der Waals surface area contributed by atoms with Gasteiger partial charge in [0.15, 0.2) is 0 Å². The third-order valence-electron chi connectivity index (χ3n) is 4.11. The monoisotopic (exact) mass is 312 g/mol. The van der Waals surface area contributed by atoms with Crippen molar-refractivity contribution in [2.45, 2.75) is 64.1 Å². The van der Waals surface area contributed by atoms with E-state index < -0.39 is 22.9 Å². The number of nitrogens with zero attached hydrogens (tertiary/aromatic N) is 2. The van der Waals surface area contributed by atoms with Gasteiger partial charge in [0, 0.05) is 23.7 Å². The lowest BCUT2D eigenvalue weighted by molar-refractivity contribution is -0.164.